The van der Waals surface area contributed by atoms with Gasteiger partial charge in [0.1, 0.15) is 0 Å². The molecule has 0 aliphatic heterocycles. The number of methoxy groups -OCH3 is 1. The van der Waals surface area contributed by atoms with Crippen LogP contribution in [0.15, 0.2) is 18.2 Å². The Labute approximate surface area is 122 Å². The lowest BCUT2D eigenvalue weighted by Crippen LogP contribution is -2.34. The van der Waals surface area contributed by atoms with E-state index < -0.39 is 0 Å². The Morgan fingerprint density at radius 3 is 2.60 bits per heavy atom. The van der Waals surface area contributed by atoms with Crippen molar-refractivity contribution in [1.29, 1.82) is 0 Å². The summed E-state index contributed by atoms with van der Waals surface area (Å²) >= 11 is 0. The summed E-state index contributed by atoms with van der Waals surface area (Å²) in [7, 11) is 1.51. The maximum atomic E-state index is 14.3. The summed E-state index contributed by atoms with van der Waals surface area (Å²) < 4.78 is 19.4. The predicted octanol–water partition coefficient (Wildman–Crippen LogP) is 4.18. The second-order valence-electron chi connectivity index (χ2n) is 5.85. The van der Waals surface area contributed by atoms with Crippen molar-refractivity contribution in [2.45, 2.75) is 46.5 Å². The van der Waals surface area contributed by atoms with Gasteiger partial charge in [0.2, 0.25) is 0 Å². The molecule has 0 saturated carbocycles. The Balaban J connectivity index is 2.84. The van der Waals surface area contributed by atoms with Crippen molar-refractivity contribution in [3.63, 3.8) is 0 Å². The van der Waals surface area contributed by atoms with Crippen LogP contribution in [0.3, 0.4) is 0 Å². The molecule has 1 aromatic rings. The predicted molar refractivity (Wildman–Crippen MR) is 82.8 cm³/mol. The number of rotatable bonds is 9. The first-order valence-electron chi connectivity index (χ1n) is 7.58. The van der Waals surface area contributed by atoms with E-state index in [4.69, 9.17) is 4.74 Å². The van der Waals surface area contributed by atoms with Gasteiger partial charge in [-0.05, 0) is 42.9 Å². The van der Waals surface area contributed by atoms with E-state index in [1.807, 2.05) is 12.1 Å². The highest BCUT2D eigenvalue weighted by molar-refractivity contribution is 5.31. The highest BCUT2D eigenvalue weighted by Crippen LogP contribution is 2.31. The summed E-state index contributed by atoms with van der Waals surface area (Å²) in [4.78, 5) is 0. The molecule has 1 aromatic carbocycles. The molecule has 114 valence electrons. The van der Waals surface area contributed by atoms with E-state index in [2.05, 4.69) is 26.1 Å². The third kappa shape index (κ3) is 4.78. The molecule has 2 nitrogen and oxygen atoms in total. The smallest absolute Gasteiger partial charge is 0.168 e. The molecule has 3 heteroatoms. The lowest BCUT2D eigenvalue weighted by Gasteiger charge is -2.30. The standard InChI is InChI=1S/C17H28FNO/c1-5-10-17(3,13-19-11-6-2)12-14-8-7-9-15(20-4)16(14)18/h7-9,19H,5-6,10-13H2,1-4H3. The average molecular weight is 281 g/mol. The molecule has 0 fully saturated rings. The number of nitrogens with one attached hydrogen (secondary N) is 1. The average Bonchev–Trinajstić information content (AvgIpc) is 2.42. The molecule has 1 rings (SSSR count). The van der Waals surface area contributed by atoms with Gasteiger partial charge in [-0.2, -0.15) is 0 Å². The quantitative estimate of drug-likeness (QED) is 0.686. The number of ether oxygens (including phenoxy) is 1. The van der Waals surface area contributed by atoms with Crippen molar-refractivity contribution in [3.05, 3.63) is 29.6 Å². The van der Waals surface area contributed by atoms with E-state index in [0.717, 1.165) is 44.3 Å². The maximum Gasteiger partial charge on any atom is 0.168 e. The molecule has 0 aliphatic rings. The molecule has 20 heavy (non-hydrogen) atoms. The van der Waals surface area contributed by atoms with E-state index >= 15 is 0 Å². The molecule has 0 spiro atoms. The topological polar surface area (TPSA) is 21.3 Å². The summed E-state index contributed by atoms with van der Waals surface area (Å²) in [5.74, 6) is 0.121. The molecule has 1 unspecified atom stereocenters. The SMILES string of the molecule is CCCNCC(C)(CCC)Cc1cccc(OC)c1F. The molecular weight excluding hydrogens is 253 g/mol. The maximum absolute atomic E-state index is 14.3. The van der Waals surface area contributed by atoms with Crippen LogP contribution in [0.1, 0.15) is 45.6 Å². The number of halogens is 1. The fraction of sp³-hybridized carbons (Fsp3) is 0.647. The van der Waals surface area contributed by atoms with Crippen LogP contribution in [0, 0.1) is 11.2 Å². The second-order valence-corrected chi connectivity index (χ2v) is 5.85. The van der Waals surface area contributed by atoms with Crippen LogP contribution in [0.2, 0.25) is 0 Å². The van der Waals surface area contributed by atoms with Crippen LogP contribution < -0.4 is 10.1 Å². The highest BCUT2D eigenvalue weighted by atomic mass is 19.1. The first kappa shape index (κ1) is 17.0. The summed E-state index contributed by atoms with van der Waals surface area (Å²) in [6, 6.07) is 5.40. The van der Waals surface area contributed by atoms with E-state index in [-0.39, 0.29) is 11.2 Å². The third-order valence-corrected chi connectivity index (χ3v) is 3.71. The highest BCUT2D eigenvalue weighted by Gasteiger charge is 2.25. The molecule has 1 atom stereocenters. The first-order chi connectivity index (χ1) is 9.56. The van der Waals surface area contributed by atoms with Crippen molar-refractivity contribution in [2.75, 3.05) is 20.2 Å². The number of benzene rings is 1. The largest absolute Gasteiger partial charge is 0.494 e. The van der Waals surface area contributed by atoms with Crippen molar-refractivity contribution < 1.29 is 9.13 Å². The zero-order valence-corrected chi connectivity index (χ0v) is 13.3. The van der Waals surface area contributed by atoms with Gasteiger partial charge in [-0.15, -0.1) is 0 Å². The number of hydrogen-bond donors (Lipinski definition) is 1. The molecule has 0 heterocycles. The van der Waals surface area contributed by atoms with Crippen LogP contribution in [-0.4, -0.2) is 20.2 Å². The Morgan fingerprint density at radius 1 is 1.25 bits per heavy atom. The molecule has 1 N–H and O–H groups in total. The van der Waals surface area contributed by atoms with Gasteiger partial charge in [-0.25, -0.2) is 4.39 Å². The first-order valence-corrected chi connectivity index (χ1v) is 7.58. The van der Waals surface area contributed by atoms with E-state index in [9.17, 15) is 4.39 Å². The minimum absolute atomic E-state index is 0.0805. The fourth-order valence-electron chi connectivity index (χ4n) is 2.72. The lowest BCUT2D eigenvalue weighted by molar-refractivity contribution is 0.271. The zero-order valence-electron chi connectivity index (χ0n) is 13.3. The van der Waals surface area contributed by atoms with Crippen LogP contribution in [0.25, 0.3) is 0 Å². The molecule has 0 amide bonds. The fourth-order valence-corrected chi connectivity index (χ4v) is 2.72. The Kier molecular flexibility index (Phi) is 7.00. The molecular formula is C17H28FNO. The third-order valence-electron chi connectivity index (χ3n) is 3.71. The summed E-state index contributed by atoms with van der Waals surface area (Å²) in [5.41, 5.74) is 0.829. The summed E-state index contributed by atoms with van der Waals surface area (Å²) in [6.07, 6.45) is 4.05. The van der Waals surface area contributed by atoms with Crippen LogP contribution >= 0.6 is 0 Å². The second kappa shape index (κ2) is 8.25. The molecule has 0 aliphatic carbocycles. The van der Waals surface area contributed by atoms with Gasteiger partial charge in [-0.1, -0.05) is 39.3 Å². The van der Waals surface area contributed by atoms with Crippen molar-refractivity contribution in [2.24, 2.45) is 5.41 Å². The van der Waals surface area contributed by atoms with Gasteiger partial charge in [0, 0.05) is 6.54 Å². The molecule has 0 aromatic heterocycles. The van der Waals surface area contributed by atoms with E-state index in [1.165, 1.54) is 7.11 Å². The van der Waals surface area contributed by atoms with Gasteiger partial charge in [0.05, 0.1) is 7.11 Å². The van der Waals surface area contributed by atoms with Crippen molar-refractivity contribution in [1.82, 2.24) is 5.32 Å². The van der Waals surface area contributed by atoms with Crippen LogP contribution in [0.4, 0.5) is 4.39 Å². The van der Waals surface area contributed by atoms with E-state index in [1.54, 1.807) is 6.07 Å². The van der Waals surface area contributed by atoms with Crippen molar-refractivity contribution in [3.8, 4) is 5.75 Å². The van der Waals surface area contributed by atoms with Gasteiger partial charge in [0.25, 0.3) is 0 Å². The summed E-state index contributed by atoms with van der Waals surface area (Å²) in [6.45, 7) is 8.51. The normalized spacial score (nSPS) is 14.1. The summed E-state index contributed by atoms with van der Waals surface area (Å²) in [5, 5.41) is 3.48. The van der Waals surface area contributed by atoms with Crippen LogP contribution in [0.5, 0.6) is 5.75 Å². The number of hydrogen-bond acceptors (Lipinski definition) is 2. The Bertz CT molecular complexity index is 408. The minimum atomic E-state index is -0.215. The molecule has 0 radical (unpaired) electrons. The van der Waals surface area contributed by atoms with Gasteiger partial charge < -0.3 is 10.1 Å². The lowest BCUT2D eigenvalue weighted by atomic mass is 9.79. The van der Waals surface area contributed by atoms with E-state index in [0.29, 0.717) is 5.75 Å². The van der Waals surface area contributed by atoms with Gasteiger partial charge >= 0.3 is 0 Å². The van der Waals surface area contributed by atoms with Crippen molar-refractivity contribution >= 4 is 0 Å². The Hall–Kier alpha value is -1.09. The van der Waals surface area contributed by atoms with Gasteiger partial charge in [-0.3, -0.25) is 0 Å². The van der Waals surface area contributed by atoms with Crippen LogP contribution in [-0.2, 0) is 6.42 Å². The Morgan fingerprint density at radius 2 is 2.00 bits per heavy atom. The zero-order chi connectivity index (χ0) is 15.0. The van der Waals surface area contributed by atoms with Gasteiger partial charge in [0.15, 0.2) is 11.6 Å². The molecule has 0 bridgehead atoms. The molecule has 0 saturated heterocycles. The minimum Gasteiger partial charge on any atom is -0.494 e. The monoisotopic (exact) mass is 281 g/mol.